The molecule has 0 unspecified atom stereocenters. The van der Waals surface area contributed by atoms with Crippen LogP contribution in [-0.2, 0) is 11.3 Å². The second-order valence-corrected chi connectivity index (χ2v) is 3.98. The summed E-state index contributed by atoms with van der Waals surface area (Å²) in [5, 5.41) is 15.6. The van der Waals surface area contributed by atoms with Crippen molar-refractivity contribution in [2.75, 3.05) is 18.2 Å². The number of hydrogen-bond donors (Lipinski definition) is 2. The Morgan fingerprint density at radius 3 is 2.95 bits per heavy atom. The van der Waals surface area contributed by atoms with Crippen LogP contribution in [0.25, 0.3) is 0 Å². The molecule has 0 atom stereocenters. The average molecular weight is 271 g/mol. The van der Waals surface area contributed by atoms with Gasteiger partial charge in [-0.2, -0.15) is 10.4 Å². The Labute approximate surface area is 115 Å². The summed E-state index contributed by atoms with van der Waals surface area (Å²) < 4.78 is 6.54. The lowest BCUT2D eigenvalue weighted by molar-refractivity contribution is -0.116. The maximum atomic E-state index is 11.9. The number of carbonyl (C=O) groups excluding carboxylic acids is 1. The summed E-state index contributed by atoms with van der Waals surface area (Å²) >= 11 is 0. The van der Waals surface area contributed by atoms with E-state index in [2.05, 4.69) is 10.4 Å². The number of anilines is 2. The van der Waals surface area contributed by atoms with Gasteiger partial charge in [-0.05, 0) is 18.2 Å². The van der Waals surface area contributed by atoms with Crippen LogP contribution in [0.4, 0.5) is 11.5 Å². The number of nitrogens with zero attached hydrogens (tertiary/aromatic N) is 3. The molecule has 0 aliphatic carbocycles. The van der Waals surface area contributed by atoms with E-state index >= 15 is 0 Å². The monoisotopic (exact) mass is 271 g/mol. The molecule has 0 aliphatic rings. The molecule has 1 amide bonds. The molecule has 0 aliphatic heterocycles. The minimum absolute atomic E-state index is 0.000116. The number of benzene rings is 1. The van der Waals surface area contributed by atoms with Gasteiger partial charge in [0.15, 0.2) is 0 Å². The Hall–Kier alpha value is -3.01. The number of para-hydroxylation sites is 1. The van der Waals surface area contributed by atoms with E-state index in [9.17, 15) is 4.79 Å². The van der Waals surface area contributed by atoms with E-state index in [0.717, 1.165) is 0 Å². The first-order chi connectivity index (χ1) is 9.63. The normalized spacial score (nSPS) is 9.80. The predicted molar refractivity (Wildman–Crippen MR) is 73.0 cm³/mol. The summed E-state index contributed by atoms with van der Waals surface area (Å²) in [6.45, 7) is 0.000116. The molecule has 2 aromatic rings. The highest BCUT2D eigenvalue weighted by molar-refractivity contribution is 5.93. The second-order valence-electron chi connectivity index (χ2n) is 3.98. The lowest BCUT2D eigenvalue weighted by atomic mass is 10.2. The number of ether oxygens (including phenoxy) is 1. The largest absolute Gasteiger partial charge is 0.495 e. The lowest BCUT2D eigenvalue weighted by Crippen LogP contribution is -2.20. The smallest absolute Gasteiger partial charge is 0.246 e. The molecule has 1 heterocycles. The number of rotatable bonds is 4. The Kier molecular flexibility index (Phi) is 3.86. The van der Waals surface area contributed by atoms with Crippen LogP contribution in [0.2, 0.25) is 0 Å². The predicted octanol–water partition coefficient (Wildman–Crippen LogP) is 0.984. The van der Waals surface area contributed by atoms with Crippen molar-refractivity contribution in [3.63, 3.8) is 0 Å². The molecule has 7 heteroatoms. The van der Waals surface area contributed by atoms with E-state index in [0.29, 0.717) is 22.8 Å². The van der Waals surface area contributed by atoms with Gasteiger partial charge in [0, 0.05) is 6.20 Å². The van der Waals surface area contributed by atoms with Crippen molar-refractivity contribution in [3.05, 3.63) is 36.0 Å². The maximum Gasteiger partial charge on any atom is 0.246 e. The number of nitrogens with two attached hydrogens (primary N) is 1. The van der Waals surface area contributed by atoms with Crippen molar-refractivity contribution < 1.29 is 9.53 Å². The summed E-state index contributed by atoms with van der Waals surface area (Å²) in [5.74, 6) is 0.444. The first-order valence-corrected chi connectivity index (χ1v) is 5.80. The Morgan fingerprint density at radius 1 is 1.55 bits per heavy atom. The van der Waals surface area contributed by atoms with E-state index in [4.69, 9.17) is 15.7 Å². The van der Waals surface area contributed by atoms with Gasteiger partial charge in [0.1, 0.15) is 29.9 Å². The minimum atomic E-state index is -0.325. The topological polar surface area (TPSA) is 106 Å². The van der Waals surface area contributed by atoms with Crippen LogP contribution < -0.4 is 15.8 Å². The lowest BCUT2D eigenvalue weighted by Gasteiger charge is -2.11. The van der Waals surface area contributed by atoms with Crippen molar-refractivity contribution in [1.82, 2.24) is 9.78 Å². The van der Waals surface area contributed by atoms with Gasteiger partial charge in [0.2, 0.25) is 5.91 Å². The first kappa shape index (κ1) is 13.4. The van der Waals surface area contributed by atoms with Gasteiger partial charge in [0.25, 0.3) is 0 Å². The van der Waals surface area contributed by atoms with E-state index in [1.807, 2.05) is 6.07 Å². The number of methoxy groups -OCH3 is 1. The highest BCUT2D eigenvalue weighted by Crippen LogP contribution is 2.27. The molecule has 0 saturated heterocycles. The number of nitrogen functional groups attached to an aromatic ring is 1. The average Bonchev–Trinajstić information content (AvgIpc) is 2.84. The molecule has 0 radical (unpaired) electrons. The second kappa shape index (κ2) is 5.75. The molecule has 3 N–H and O–H groups in total. The van der Waals surface area contributed by atoms with E-state index < -0.39 is 0 Å². The summed E-state index contributed by atoms with van der Waals surface area (Å²) in [7, 11) is 1.47. The Bertz CT molecular complexity index is 672. The van der Waals surface area contributed by atoms with Crippen LogP contribution in [0.3, 0.4) is 0 Å². The number of carbonyl (C=O) groups is 1. The summed E-state index contributed by atoms with van der Waals surface area (Å²) in [6.07, 6.45) is 1.60. The zero-order valence-electron chi connectivity index (χ0n) is 10.8. The fourth-order valence-electron chi connectivity index (χ4n) is 1.71. The standard InChI is InChI=1S/C13H13N5O2/c1-20-10-4-2-3-9(7-14)13(10)16-12(19)8-18-6-5-11(15)17-18/h2-6H,8H2,1H3,(H2,15,17)(H,16,19). The van der Waals surface area contributed by atoms with Crippen molar-refractivity contribution >= 4 is 17.4 Å². The molecule has 1 aromatic carbocycles. The van der Waals surface area contributed by atoms with Gasteiger partial charge in [0.05, 0.1) is 12.7 Å². The fourth-order valence-corrected chi connectivity index (χ4v) is 1.71. The van der Waals surface area contributed by atoms with Crippen LogP contribution in [0.5, 0.6) is 5.75 Å². The number of aromatic nitrogens is 2. The molecule has 0 bridgehead atoms. The van der Waals surface area contributed by atoms with Crippen LogP contribution in [0.1, 0.15) is 5.56 Å². The van der Waals surface area contributed by atoms with Gasteiger partial charge in [-0.1, -0.05) is 6.07 Å². The molecule has 0 saturated carbocycles. The molecule has 20 heavy (non-hydrogen) atoms. The van der Waals surface area contributed by atoms with E-state index in [-0.39, 0.29) is 12.5 Å². The minimum Gasteiger partial charge on any atom is -0.495 e. The zero-order valence-corrected chi connectivity index (χ0v) is 10.8. The SMILES string of the molecule is COc1cccc(C#N)c1NC(=O)Cn1ccc(N)n1. The van der Waals surface area contributed by atoms with E-state index in [1.54, 1.807) is 30.5 Å². The van der Waals surface area contributed by atoms with Crippen LogP contribution in [-0.4, -0.2) is 22.8 Å². The third kappa shape index (κ3) is 2.87. The molecule has 0 spiro atoms. The highest BCUT2D eigenvalue weighted by Gasteiger charge is 2.12. The summed E-state index contributed by atoms with van der Waals surface area (Å²) in [5.41, 5.74) is 6.15. The molecule has 102 valence electrons. The molecule has 0 fully saturated rings. The van der Waals surface area contributed by atoms with Crippen LogP contribution in [0, 0.1) is 11.3 Å². The number of hydrogen-bond acceptors (Lipinski definition) is 5. The molecule has 7 nitrogen and oxygen atoms in total. The van der Waals surface area contributed by atoms with Crippen molar-refractivity contribution in [3.8, 4) is 11.8 Å². The summed E-state index contributed by atoms with van der Waals surface area (Å²) in [4.78, 5) is 11.9. The van der Waals surface area contributed by atoms with Gasteiger partial charge >= 0.3 is 0 Å². The zero-order chi connectivity index (χ0) is 14.5. The quantitative estimate of drug-likeness (QED) is 0.862. The van der Waals surface area contributed by atoms with Gasteiger partial charge in [-0.15, -0.1) is 0 Å². The van der Waals surface area contributed by atoms with Gasteiger partial charge in [-0.3, -0.25) is 9.48 Å². The van der Waals surface area contributed by atoms with Crippen LogP contribution in [0.15, 0.2) is 30.5 Å². The molecule has 1 aromatic heterocycles. The van der Waals surface area contributed by atoms with Crippen LogP contribution >= 0.6 is 0 Å². The van der Waals surface area contributed by atoms with E-state index in [1.165, 1.54) is 11.8 Å². The number of nitrogens with one attached hydrogen (secondary N) is 1. The Morgan fingerprint density at radius 2 is 2.35 bits per heavy atom. The molecular formula is C13H13N5O2. The fraction of sp³-hybridized carbons (Fsp3) is 0.154. The van der Waals surface area contributed by atoms with Crippen molar-refractivity contribution in [2.24, 2.45) is 0 Å². The number of nitriles is 1. The van der Waals surface area contributed by atoms with Gasteiger partial charge < -0.3 is 15.8 Å². The first-order valence-electron chi connectivity index (χ1n) is 5.80. The van der Waals surface area contributed by atoms with Gasteiger partial charge in [-0.25, -0.2) is 0 Å². The molecular weight excluding hydrogens is 258 g/mol. The third-order valence-corrected chi connectivity index (χ3v) is 2.60. The summed E-state index contributed by atoms with van der Waals surface area (Å²) in [6, 6.07) is 8.55. The highest BCUT2D eigenvalue weighted by atomic mass is 16.5. The van der Waals surface area contributed by atoms with Crippen molar-refractivity contribution in [1.29, 1.82) is 5.26 Å². The number of amides is 1. The molecule has 2 rings (SSSR count). The van der Waals surface area contributed by atoms with Crippen molar-refractivity contribution in [2.45, 2.75) is 6.54 Å². The maximum absolute atomic E-state index is 11.9. The Balaban J connectivity index is 2.17. The third-order valence-electron chi connectivity index (χ3n) is 2.60.